The molecule has 0 radical (unpaired) electrons. The summed E-state index contributed by atoms with van der Waals surface area (Å²) in [6, 6.07) is 7.22. The van der Waals surface area contributed by atoms with Crippen molar-refractivity contribution in [2.24, 2.45) is 23.3 Å². The number of rotatable bonds is 7. The minimum Gasteiger partial charge on any atom is -0.330 e. The molecule has 0 amide bonds. The summed E-state index contributed by atoms with van der Waals surface area (Å²) < 4.78 is 23.9. The predicted octanol–water partition coefficient (Wildman–Crippen LogP) is 1.75. The molecule has 2 atom stereocenters. The lowest BCUT2D eigenvalue weighted by molar-refractivity contribution is 0.328. The first-order valence-corrected chi connectivity index (χ1v) is 8.75. The minimum absolute atomic E-state index is 0.120. The van der Waals surface area contributed by atoms with Crippen molar-refractivity contribution in [2.75, 3.05) is 18.8 Å². The van der Waals surface area contributed by atoms with Gasteiger partial charge in [-0.05, 0) is 48.5 Å². The van der Waals surface area contributed by atoms with Crippen LogP contribution in [0.1, 0.15) is 32.3 Å². The highest BCUT2D eigenvalue weighted by Crippen LogP contribution is 2.30. The molecule has 4 N–H and O–H groups in total. The molecule has 114 valence electrons. The van der Waals surface area contributed by atoms with Crippen molar-refractivity contribution in [2.45, 2.75) is 31.6 Å². The van der Waals surface area contributed by atoms with Crippen molar-refractivity contribution in [1.82, 2.24) is 0 Å². The Labute approximate surface area is 122 Å². The molecule has 1 aromatic rings. The van der Waals surface area contributed by atoms with E-state index in [0.717, 1.165) is 5.56 Å². The maximum Gasteiger partial charge on any atom is 0.178 e. The van der Waals surface area contributed by atoms with Crippen LogP contribution in [0.4, 0.5) is 0 Å². The zero-order valence-corrected chi connectivity index (χ0v) is 13.4. The van der Waals surface area contributed by atoms with E-state index in [1.165, 1.54) is 0 Å². The molecule has 0 fully saturated rings. The van der Waals surface area contributed by atoms with Crippen LogP contribution in [0, 0.1) is 11.8 Å². The molecule has 5 heteroatoms. The fourth-order valence-electron chi connectivity index (χ4n) is 2.40. The molecule has 2 unspecified atom stereocenters. The van der Waals surface area contributed by atoms with E-state index in [4.69, 9.17) is 11.5 Å². The second-order valence-electron chi connectivity index (χ2n) is 5.36. The van der Waals surface area contributed by atoms with Crippen LogP contribution in [-0.2, 0) is 9.84 Å². The molecular formula is C15H26N2O2S. The molecular weight excluding hydrogens is 272 g/mol. The number of nitrogens with two attached hydrogens (primary N) is 2. The molecule has 0 bridgehead atoms. The quantitative estimate of drug-likeness (QED) is 0.803. The van der Waals surface area contributed by atoms with E-state index in [9.17, 15) is 8.42 Å². The van der Waals surface area contributed by atoms with Crippen LogP contribution in [-0.4, -0.2) is 27.3 Å². The Morgan fingerprint density at radius 3 is 2.25 bits per heavy atom. The van der Waals surface area contributed by atoms with Gasteiger partial charge < -0.3 is 11.5 Å². The number of hydrogen-bond donors (Lipinski definition) is 2. The van der Waals surface area contributed by atoms with Gasteiger partial charge in [0.25, 0.3) is 0 Å². The van der Waals surface area contributed by atoms with E-state index in [0.29, 0.717) is 23.9 Å². The number of sulfone groups is 1. The smallest absolute Gasteiger partial charge is 0.178 e. The molecule has 0 saturated heterocycles. The maximum absolute atomic E-state index is 12.0. The summed E-state index contributed by atoms with van der Waals surface area (Å²) in [4.78, 5) is 0.397. The van der Waals surface area contributed by atoms with Crippen LogP contribution in [0.3, 0.4) is 0 Å². The first kappa shape index (κ1) is 17.1. The van der Waals surface area contributed by atoms with Gasteiger partial charge in [0.05, 0.1) is 10.6 Å². The van der Waals surface area contributed by atoms with Crippen LogP contribution >= 0.6 is 0 Å². The summed E-state index contributed by atoms with van der Waals surface area (Å²) in [5, 5.41) is 0. The van der Waals surface area contributed by atoms with Gasteiger partial charge in [-0.1, -0.05) is 32.9 Å². The topological polar surface area (TPSA) is 86.2 Å². The average Bonchev–Trinajstić information content (AvgIpc) is 2.47. The van der Waals surface area contributed by atoms with Crippen LogP contribution in [0.15, 0.2) is 29.2 Å². The van der Waals surface area contributed by atoms with Crippen molar-refractivity contribution >= 4 is 9.84 Å². The summed E-state index contributed by atoms with van der Waals surface area (Å²) in [5.41, 5.74) is 12.5. The summed E-state index contributed by atoms with van der Waals surface area (Å²) >= 11 is 0. The highest BCUT2D eigenvalue weighted by Gasteiger charge is 2.23. The lowest BCUT2D eigenvalue weighted by atomic mass is 9.80. The largest absolute Gasteiger partial charge is 0.330 e. The highest BCUT2D eigenvalue weighted by molar-refractivity contribution is 7.91. The van der Waals surface area contributed by atoms with Gasteiger partial charge in [0.2, 0.25) is 0 Å². The maximum atomic E-state index is 12.0. The third-order valence-electron chi connectivity index (χ3n) is 4.26. The lowest BCUT2D eigenvalue weighted by Gasteiger charge is -2.27. The number of benzene rings is 1. The first-order chi connectivity index (χ1) is 9.37. The Kier molecular flexibility index (Phi) is 6.17. The van der Waals surface area contributed by atoms with E-state index < -0.39 is 9.84 Å². The molecule has 0 aliphatic carbocycles. The minimum atomic E-state index is -3.16. The monoisotopic (exact) mass is 298 g/mol. The number of hydrogen-bond acceptors (Lipinski definition) is 4. The SMILES string of the molecule is CCS(=O)(=O)c1cccc(C(C)C(C)C(CN)CN)c1. The van der Waals surface area contributed by atoms with Crippen molar-refractivity contribution in [3.05, 3.63) is 29.8 Å². The first-order valence-electron chi connectivity index (χ1n) is 7.10. The van der Waals surface area contributed by atoms with Crippen molar-refractivity contribution < 1.29 is 8.42 Å². The summed E-state index contributed by atoms with van der Waals surface area (Å²) in [7, 11) is -3.16. The Balaban J connectivity index is 3.06. The van der Waals surface area contributed by atoms with E-state index in [1.54, 1.807) is 25.1 Å². The zero-order valence-electron chi connectivity index (χ0n) is 12.5. The molecule has 0 aliphatic rings. The summed E-state index contributed by atoms with van der Waals surface area (Å²) in [5.74, 6) is 0.898. The van der Waals surface area contributed by atoms with E-state index in [-0.39, 0.29) is 17.6 Å². The second-order valence-corrected chi connectivity index (χ2v) is 7.63. The Morgan fingerprint density at radius 1 is 1.15 bits per heavy atom. The molecule has 1 rings (SSSR count). The van der Waals surface area contributed by atoms with Crippen LogP contribution in [0.5, 0.6) is 0 Å². The Morgan fingerprint density at radius 2 is 1.75 bits per heavy atom. The fourth-order valence-corrected chi connectivity index (χ4v) is 3.33. The van der Waals surface area contributed by atoms with Gasteiger partial charge in [0.15, 0.2) is 9.84 Å². The normalized spacial score (nSPS) is 15.3. The molecule has 0 heterocycles. The van der Waals surface area contributed by atoms with Crippen LogP contribution < -0.4 is 11.5 Å². The lowest BCUT2D eigenvalue weighted by Crippen LogP contribution is -2.31. The van der Waals surface area contributed by atoms with Crippen molar-refractivity contribution in [1.29, 1.82) is 0 Å². The summed E-state index contributed by atoms with van der Waals surface area (Å²) in [6.45, 7) is 6.98. The summed E-state index contributed by atoms with van der Waals surface area (Å²) in [6.07, 6.45) is 0. The molecule has 0 saturated carbocycles. The van der Waals surface area contributed by atoms with E-state index in [1.807, 2.05) is 6.07 Å². The van der Waals surface area contributed by atoms with Crippen LogP contribution in [0.2, 0.25) is 0 Å². The van der Waals surface area contributed by atoms with Crippen LogP contribution in [0.25, 0.3) is 0 Å². The van der Waals surface area contributed by atoms with E-state index >= 15 is 0 Å². The molecule has 4 nitrogen and oxygen atoms in total. The van der Waals surface area contributed by atoms with Gasteiger partial charge in [-0.2, -0.15) is 0 Å². The Bertz CT molecular complexity index is 524. The average molecular weight is 298 g/mol. The van der Waals surface area contributed by atoms with Gasteiger partial charge in [0.1, 0.15) is 0 Å². The van der Waals surface area contributed by atoms with Gasteiger partial charge in [-0.15, -0.1) is 0 Å². The predicted molar refractivity (Wildman–Crippen MR) is 83.3 cm³/mol. The standard InChI is InChI=1S/C15H26N2O2S/c1-4-20(18,19)15-7-5-6-13(8-15)11(2)12(3)14(9-16)10-17/h5-8,11-12,14H,4,9-10,16-17H2,1-3H3. The second kappa shape index (κ2) is 7.20. The van der Waals surface area contributed by atoms with Gasteiger partial charge >= 0.3 is 0 Å². The molecule has 0 aromatic heterocycles. The molecule has 0 spiro atoms. The molecule has 0 aliphatic heterocycles. The van der Waals surface area contributed by atoms with Crippen molar-refractivity contribution in [3.8, 4) is 0 Å². The third-order valence-corrected chi connectivity index (χ3v) is 5.99. The third kappa shape index (κ3) is 3.81. The van der Waals surface area contributed by atoms with Gasteiger partial charge in [-0.25, -0.2) is 8.42 Å². The molecule has 1 aromatic carbocycles. The zero-order chi connectivity index (χ0) is 15.3. The van der Waals surface area contributed by atoms with Gasteiger partial charge in [-0.3, -0.25) is 0 Å². The van der Waals surface area contributed by atoms with Gasteiger partial charge in [0, 0.05) is 0 Å². The molecule has 20 heavy (non-hydrogen) atoms. The fraction of sp³-hybridized carbons (Fsp3) is 0.600. The highest BCUT2D eigenvalue weighted by atomic mass is 32.2. The van der Waals surface area contributed by atoms with E-state index in [2.05, 4.69) is 13.8 Å². The Hall–Kier alpha value is -0.910. The van der Waals surface area contributed by atoms with Crippen molar-refractivity contribution in [3.63, 3.8) is 0 Å².